The highest BCUT2D eigenvalue weighted by Gasteiger charge is 2.23. The summed E-state index contributed by atoms with van der Waals surface area (Å²) in [6.07, 6.45) is 6.15. The summed E-state index contributed by atoms with van der Waals surface area (Å²) < 4.78 is 2.16. The molecule has 0 saturated carbocycles. The van der Waals surface area contributed by atoms with E-state index in [1.807, 2.05) is 0 Å². The molecule has 0 amide bonds. The molecule has 3 nitrogen and oxygen atoms in total. The van der Waals surface area contributed by atoms with Crippen molar-refractivity contribution in [2.75, 3.05) is 6.61 Å². The van der Waals surface area contributed by atoms with E-state index in [0.717, 1.165) is 25.9 Å². The van der Waals surface area contributed by atoms with Gasteiger partial charge in [-0.15, -0.1) is 0 Å². The summed E-state index contributed by atoms with van der Waals surface area (Å²) in [6.45, 7) is 8.40. The van der Waals surface area contributed by atoms with Gasteiger partial charge in [-0.25, -0.2) is 0 Å². The summed E-state index contributed by atoms with van der Waals surface area (Å²) in [7, 11) is 0. The summed E-state index contributed by atoms with van der Waals surface area (Å²) >= 11 is 0. The molecule has 0 atom stereocenters. The van der Waals surface area contributed by atoms with Crippen LogP contribution in [-0.4, -0.2) is 21.8 Å². The van der Waals surface area contributed by atoms with E-state index in [4.69, 9.17) is 0 Å². The van der Waals surface area contributed by atoms with Crippen LogP contribution >= 0.6 is 0 Å². The van der Waals surface area contributed by atoms with Gasteiger partial charge in [0.15, 0.2) is 0 Å². The molecule has 0 aliphatic rings. The van der Waals surface area contributed by atoms with Crippen molar-refractivity contribution in [2.45, 2.75) is 52.2 Å². The Balaban J connectivity index is 2.55. The number of hydrogen-bond donors (Lipinski definition) is 2. The summed E-state index contributed by atoms with van der Waals surface area (Å²) in [5.74, 6) is 0. The van der Waals surface area contributed by atoms with Gasteiger partial charge in [0, 0.05) is 31.0 Å². The first-order chi connectivity index (χ1) is 7.69. The molecule has 0 spiro atoms. The van der Waals surface area contributed by atoms with Crippen LogP contribution in [0.25, 0.3) is 0 Å². The van der Waals surface area contributed by atoms with Gasteiger partial charge in [-0.2, -0.15) is 0 Å². The topological polar surface area (TPSA) is 37.2 Å². The van der Waals surface area contributed by atoms with E-state index in [9.17, 15) is 5.11 Å². The van der Waals surface area contributed by atoms with Crippen molar-refractivity contribution in [3.8, 4) is 0 Å². The summed E-state index contributed by atoms with van der Waals surface area (Å²) in [5.41, 5.74) is 1.16. The third kappa shape index (κ3) is 3.09. The van der Waals surface area contributed by atoms with Gasteiger partial charge in [-0.3, -0.25) is 0 Å². The molecule has 1 heterocycles. The average molecular weight is 224 g/mol. The Bertz CT molecular complexity index is 294. The first kappa shape index (κ1) is 13.3. The van der Waals surface area contributed by atoms with Crippen molar-refractivity contribution < 1.29 is 5.11 Å². The molecule has 0 aliphatic carbocycles. The second kappa shape index (κ2) is 6.06. The number of nitrogens with one attached hydrogen (secondary N) is 1. The van der Waals surface area contributed by atoms with Gasteiger partial charge in [0.25, 0.3) is 0 Å². The van der Waals surface area contributed by atoms with Crippen LogP contribution in [0.5, 0.6) is 0 Å². The highest BCUT2D eigenvalue weighted by atomic mass is 16.3. The van der Waals surface area contributed by atoms with E-state index >= 15 is 0 Å². The third-order valence-electron chi connectivity index (χ3n) is 3.50. The zero-order valence-electron chi connectivity index (χ0n) is 10.7. The van der Waals surface area contributed by atoms with Crippen LogP contribution in [0.1, 0.15) is 39.2 Å². The molecule has 92 valence electrons. The van der Waals surface area contributed by atoms with Gasteiger partial charge >= 0.3 is 0 Å². The summed E-state index contributed by atoms with van der Waals surface area (Å²) in [5, 5.41) is 12.9. The minimum Gasteiger partial charge on any atom is -0.394 e. The van der Waals surface area contributed by atoms with Crippen molar-refractivity contribution in [1.82, 2.24) is 9.88 Å². The molecular weight excluding hydrogens is 200 g/mol. The normalized spacial score (nSPS) is 12.0. The average Bonchev–Trinajstić information content (AvgIpc) is 2.80. The lowest BCUT2D eigenvalue weighted by Crippen LogP contribution is -2.46. The van der Waals surface area contributed by atoms with E-state index in [2.05, 4.69) is 49.1 Å². The van der Waals surface area contributed by atoms with Crippen LogP contribution in [0, 0.1) is 0 Å². The van der Waals surface area contributed by atoms with Crippen LogP contribution in [-0.2, 0) is 13.1 Å². The lowest BCUT2D eigenvalue weighted by molar-refractivity contribution is 0.149. The summed E-state index contributed by atoms with van der Waals surface area (Å²) in [6, 6.07) is 2.13. The molecular formula is C13H24N2O. The Morgan fingerprint density at radius 1 is 1.31 bits per heavy atom. The van der Waals surface area contributed by atoms with Crippen molar-refractivity contribution in [2.24, 2.45) is 0 Å². The molecule has 1 rings (SSSR count). The van der Waals surface area contributed by atoms with Crippen molar-refractivity contribution >= 4 is 0 Å². The Morgan fingerprint density at radius 2 is 2.00 bits per heavy atom. The molecule has 3 heteroatoms. The van der Waals surface area contributed by atoms with Crippen LogP contribution < -0.4 is 5.32 Å². The van der Waals surface area contributed by atoms with E-state index in [0.29, 0.717) is 0 Å². The number of aromatic nitrogens is 1. The molecule has 0 saturated heterocycles. The van der Waals surface area contributed by atoms with Gasteiger partial charge in [0.1, 0.15) is 0 Å². The monoisotopic (exact) mass is 224 g/mol. The molecule has 0 bridgehead atoms. The fraction of sp³-hybridized carbons (Fsp3) is 0.692. The highest BCUT2D eigenvalue weighted by molar-refractivity contribution is 5.10. The molecule has 16 heavy (non-hydrogen) atoms. The van der Waals surface area contributed by atoms with Crippen LogP contribution in [0.3, 0.4) is 0 Å². The number of aryl methyl sites for hydroxylation is 1. The Kier molecular flexibility index (Phi) is 5.03. The van der Waals surface area contributed by atoms with Gasteiger partial charge < -0.3 is 15.0 Å². The van der Waals surface area contributed by atoms with E-state index in [1.54, 1.807) is 0 Å². The molecule has 2 N–H and O–H groups in total. The van der Waals surface area contributed by atoms with Crippen molar-refractivity contribution in [3.63, 3.8) is 0 Å². The molecule has 0 aliphatic heterocycles. The largest absolute Gasteiger partial charge is 0.394 e. The lowest BCUT2D eigenvalue weighted by Gasteiger charge is -2.30. The fourth-order valence-corrected chi connectivity index (χ4v) is 1.86. The Morgan fingerprint density at radius 3 is 2.44 bits per heavy atom. The molecule has 0 radical (unpaired) electrons. The van der Waals surface area contributed by atoms with Crippen molar-refractivity contribution in [3.05, 3.63) is 24.0 Å². The predicted molar refractivity (Wildman–Crippen MR) is 67.3 cm³/mol. The lowest BCUT2D eigenvalue weighted by atomic mass is 9.94. The second-order valence-electron chi connectivity index (χ2n) is 4.35. The number of aliphatic hydroxyl groups is 1. The summed E-state index contributed by atoms with van der Waals surface area (Å²) in [4.78, 5) is 0. The maximum atomic E-state index is 9.44. The SMILES string of the molecule is CCn1ccc(CNC(CC)(CC)CO)c1. The Labute approximate surface area is 98.5 Å². The molecule has 0 unspecified atom stereocenters. The second-order valence-corrected chi connectivity index (χ2v) is 4.35. The number of aliphatic hydroxyl groups excluding tert-OH is 1. The molecule has 0 fully saturated rings. The molecule has 1 aromatic rings. The molecule has 0 aromatic carbocycles. The zero-order valence-corrected chi connectivity index (χ0v) is 10.7. The van der Waals surface area contributed by atoms with Gasteiger partial charge in [0.05, 0.1) is 6.61 Å². The Hall–Kier alpha value is -0.800. The smallest absolute Gasteiger partial charge is 0.0613 e. The number of nitrogens with zero attached hydrogens (tertiary/aromatic N) is 1. The van der Waals surface area contributed by atoms with Crippen molar-refractivity contribution in [1.29, 1.82) is 0 Å². The van der Waals surface area contributed by atoms with Gasteiger partial charge in [0.2, 0.25) is 0 Å². The fourth-order valence-electron chi connectivity index (χ4n) is 1.86. The third-order valence-corrected chi connectivity index (χ3v) is 3.50. The van der Waals surface area contributed by atoms with Crippen LogP contribution in [0.15, 0.2) is 18.5 Å². The predicted octanol–water partition coefficient (Wildman–Crippen LogP) is 2.15. The zero-order chi connectivity index (χ0) is 12.0. The maximum Gasteiger partial charge on any atom is 0.0613 e. The van der Waals surface area contributed by atoms with Crippen LogP contribution in [0.2, 0.25) is 0 Å². The quantitative estimate of drug-likeness (QED) is 0.744. The maximum absolute atomic E-state index is 9.44. The minimum atomic E-state index is -0.117. The molecule has 1 aromatic heterocycles. The van der Waals surface area contributed by atoms with Gasteiger partial charge in [-0.05, 0) is 31.4 Å². The first-order valence-corrected chi connectivity index (χ1v) is 6.20. The van der Waals surface area contributed by atoms with Crippen LogP contribution in [0.4, 0.5) is 0 Å². The number of rotatable bonds is 7. The highest BCUT2D eigenvalue weighted by Crippen LogP contribution is 2.15. The standard InChI is InChI=1S/C13H24N2O/c1-4-13(5-2,11-16)14-9-12-7-8-15(6-3)10-12/h7-8,10,14,16H,4-6,9,11H2,1-3H3. The van der Waals surface area contributed by atoms with E-state index in [1.165, 1.54) is 5.56 Å². The van der Waals surface area contributed by atoms with E-state index in [-0.39, 0.29) is 12.1 Å². The minimum absolute atomic E-state index is 0.117. The number of hydrogen-bond acceptors (Lipinski definition) is 2. The van der Waals surface area contributed by atoms with Gasteiger partial charge in [-0.1, -0.05) is 13.8 Å². The first-order valence-electron chi connectivity index (χ1n) is 6.20. The van der Waals surface area contributed by atoms with E-state index < -0.39 is 0 Å².